The maximum Gasteiger partial charge on any atom is 0.243 e. The quantitative estimate of drug-likeness (QED) is 0.609. The van der Waals surface area contributed by atoms with Crippen molar-refractivity contribution < 1.29 is 9.90 Å². The first-order chi connectivity index (χ1) is 7.61. The molecule has 0 aliphatic heterocycles. The molecule has 1 atom stereocenters. The van der Waals surface area contributed by atoms with Gasteiger partial charge < -0.3 is 10.4 Å². The van der Waals surface area contributed by atoms with E-state index in [9.17, 15) is 4.79 Å². The van der Waals surface area contributed by atoms with Crippen LogP contribution in [0.4, 0.5) is 0 Å². The van der Waals surface area contributed by atoms with Crippen LogP contribution >= 0.6 is 11.6 Å². The first-order valence-corrected chi connectivity index (χ1v) is 5.37. The van der Waals surface area contributed by atoms with Crippen molar-refractivity contribution in [3.63, 3.8) is 0 Å². The summed E-state index contributed by atoms with van der Waals surface area (Å²) >= 11 is 6.04. The molecule has 0 saturated carbocycles. The van der Waals surface area contributed by atoms with Crippen molar-refractivity contribution in [2.24, 2.45) is 0 Å². The molecule has 0 spiro atoms. The SMILES string of the molecule is C=CC(=O)NCC(Cl)Cc1ccc(O)cc1. The van der Waals surface area contributed by atoms with E-state index in [0.717, 1.165) is 5.56 Å². The van der Waals surface area contributed by atoms with Gasteiger partial charge in [-0.3, -0.25) is 4.79 Å². The van der Waals surface area contributed by atoms with E-state index < -0.39 is 0 Å². The molecule has 2 N–H and O–H groups in total. The molecule has 0 bridgehead atoms. The molecule has 0 aromatic heterocycles. The van der Waals surface area contributed by atoms with Crippen LogP contribution in [0.3, 0.4) is 0 Å². The molecule has 0 heterocycles. The molecular weight excluding hydrogens is 226 g/mol. The van der Waals surface area contributed by atoms with Crippen LogP contribution in [0.1, 0.15) is 5.56 Å². The van der Waals surface area contributed by atoms with Crippen molar-refractivity contribution >= 4 is 17.5 Å². The highest BCUT2D eigenvalue weighted by Gasteiger charge is 2.06. The van der Waals surface area contributed by atoms with E-state index in [1.54, 1.807) is 24.3 Å². The number of phenols is 1. The maximum atomic E-state index is 10.9. The predicted octanol–water partition coefficient (Wildman–Crippen LogP) is 1.84. The molecule has 0 radical (unpaired) electrons. The lowest BCUT2D eigenvalue weighted by Crippen LogP contribution is -2.29. The van der Waals surface area contributed by atoms with E-state index in [1.807, 2.05) is 0 Å². The van der Waals surface area contributed by atoms with Crippen LogP contribution in [0.15, 0.2) is 36.9 Å². The Bertz CT molecular complexity index is 362. The standard InChI is InChI=1S/C12H14ClNO2/c1-2-12(16)14-8-10(13)7-9-3-5-11(15)6-4-9/h2-6,10,15H,1,7-8H2,(H,14,16). The third-order valence-corrected chi connectivity index (χ3v) is 2.39. The van der Waals surface area contributed by atoms with Crippen molar-refractivity contribution in [2.45, 2.75) is 11.8 Å². The van der Waals surface area contributed by atoms with E-state index in [4.69, 9.17) is 16.7 Å². The Labute approximate surface area is 99.7 Å². The summed E-state index contributed by atoms with van der Waals surface area (Å²) in [4.78, 5) is 10.9. The Morgan fingerprint density at radius 2 is 2.12 bits per heavy atom. The summed E-state index contributed by atoms with van der Waals surface area (Å²) in [5, 5.41) is 11.6. The number of amides is 1. The third kappa shape index (κ3) is 4.36. The van der Waals surface area contributed by atoms with Gasteiger partial charge in [0.25, 0.3) is 0 Å². The number of hydrogen-bond acceptors (Lipinski definition) is 2. The zero-order valence-electron chi connectivity index (χ0n) is 8.82. The zero-order chi connectivity index (χ0) is 12.0. The van der Waals surface area contributed by atoms with Gasteiger partial charge in [0.1, 0.15) is 5.75 Å². The fraction of sp³-hybridized carbons (Fsp3) is 0.250. The van der Waals surface area contributed by atoms with Gasteiger partial charge in [-0.25, -0.2) is 0 Å². The highest BCUT2D eigenvalue weighted by atomic mass is 35.5. The zero-order valence-corrected chi connectivity index (χ0v) is 9.57. The number of carbonyl (C=O) groups excluding carboxylic acids is 1. The minimum atomic E-state index is -0.226. The molecule has 1 aromatic carbocycles. The fourth-order valence-electron chi connectivity index (χ4n) is 1.24. The number of aromatic hydroxyl groups is 1. The van der Waals surface area contributed by atoms with E-state index in [-0.39, 0.29) is 17.0 Å². The molecule has 16 heavy (non-hydrogen) atoms. The van der Waals surface area contributed by atoms with E-state index in [0.29, 0.717) is 13.0 Å². The third-order valence-electron chi connectivity index (χ3n) is 2.08. The topological polar surface area (TPSA) is 49.3 Å². The number of carbonyl (C=O) groups is 1. The minimum Gasteiger partial charge on any atom is -0.508 e. The van der Waals surface area contributed by atoms with Crippen molar-refractivity contribution in [1.29, 1.82) is 0 Å². The lowest BCUT2D eigenvalue weighted by molar-refractivity contribution is -0.116. The Morgan fingerprint density at radius 3 is 2.69 bits per heavy atom. The van der Waals surface area contributed by atoms with E-state index >= 15 is 0 Å². The molecule has 1 rings (SSSR count). The van der Waals surface area contributed by atoms with Crippen LogP contribution in [0.5, 0.6) is 5.75 Å². The molecule has 0 fully saturated rings. The van der Waals surface area contributed by atoms with Gasteiger partial charge in [0.15, 0.2) is 0 Å². The smallest absolute Gasteiger partial charge is 0.243 e. The molecule has 0 aliphatic carbocycles. The molecular formula is C12H14ClNO2. The molecule has 3 nitrogen and oxygen atoms in total. The number of phenolic OH excluding ortho intramolecular Hbond substituents is 1. The van der Waals surface area contributed by atoms with E-state index in [1.165, 1.54) is 6.08 Å². The van der Waals surface area contributed by atoms with E-state index in [2.05, 4.69) is 11.9 Å². The summed E-state index contributed by atoms with van der Waals surface area (Å²) in [7, 11) is 0. The van der Waals surface area contributed by atoms with Crippen LogP contribution in [-0.2, 0) is 11.2 Å². The molecule has 86 valence electrons. The molecule has 1 amide bonds. The van der Waals surface area contributed by atoms with Gasteiger partial charge in [-0.2, -0.15) is 0 Å². The highest BCUT2D eigenvalue weighted by Crippen LogP contribution is 2.12. The molecule has 1 unspecified atom stereocenters. The number of alkyl halides is 1. The van der Waals surface area contributed by atoms with Crippen LogP contribution < -0.4 is 5.32 Å². The van der Waals surface area contributed by atoms with Crippen LogP contribution in [0, 0.1) is 0 Å². The van der Waals surface area contributed by atoms with Gasteiger partial charge in [0.2, 0.25) is 5.91 Å². The second-order valence-electron chi connectivity index (χ2n) is 3.42. The Kier molecular flexibility index (Phi) is 4.86. The Morgan fingerprint density at radius 1 is 1.50 bits per heavy atom. The van der Waals surface area contributed by atoms with Gasteiger partial charge in [0.05, 0.1) is 5.38 Å². The molecule has 4 heteroatoms. The van der Waals surface area contributed by atoms with Gasteiger partial charge in [-0.15, -0.1) is 11.6 Å². The number of halogens is 1. The number of hydrogen-bond donors (Lipinski definition) is 2. The van der Waals surface area contributed by atoms with Gasteiger partial charge >= 0.3 is 0 Å². The molecule has 0 saturated heterocycles. The largest absolute Gasteiger partial charge is 0.508 e. The second kappa shape index (κ2) is 6.18. The number of nitrogens with one attached hydrogen (secondary N) is 1. The lowest BCUT2D eigenvalue weighted by Gasteiger charge is -2.09. The van der Waals surface area contributed by atoms with Crippen LogP contribution in [0.25, 0.3) is 0 Å². The summed E-state index contributed by atoms with van der Waals surface area (Å²) in [5.41, 5.74) is 1.02. The van der Waals surface area contributed by atoms with Gasteiger partial charge in [0, 0.05) is 6.54 Å². The van der Waals surface area contributed by atoms with Gasteiger partial charge in [-0.1, -0.05) is 18.7 Å². The lowest BCUT2D eigenvalue weighted by atomic mass is 10.1. The average molecular weight is 240 g/mol. The average Bonchev–Trinajstić information content (AvgIpc) is 2.29. The predicted molar refractivity (Wildman–Crippen MR) is 64.7 cm³/mol. The summed E-state index contributed by atoms with van der Waals surface area (Å²) in [6.45, 7) is 3.75. The summed E-state index contributed by atoms with van der Waals surface area (Å²) in [5.74, 6) is 0.00573. The van der Waals surface area contributed by atoms with Crippen molar-refractivity contribution in [1.82, 2.24) is 5.32 Å². The highest BCUT2D eigenvalue weighted by molar-refractivity contribution is 6.21. The van der Waals surface area contributed by atoms with Crippen LogP contribution in [-0.4, -0.2) is 22.9 Å². The minimum absolute atomic E-state index is 0.173. The number of benzene rings is 1. The fourth-order valence-corrected chi connectivity index (χ4v) is 1.50. The maximum absolute atomic E-state index is 10.9. The van der Waals surface area contributed by atoms with Crippen LogP contribution in [0.2, 0.25) is 0 Å². The summed E-state index contributed by atoms with van der Waals surface area (Å²) in [6, 6.07) is 6.84. The first-order valence-electron chi connectivity index (χ1n) is 4.94. The Hall–Kier alpha value is -1.48. The van der Waals surface area contributed by atoms with Crippen molar-refractivity contribution in [2.75, 3.05) is 6.54 Å². The summed E-state index contributed by atoms with van der Waals surface area (Å²) in [6.07, 6.45) is 1.85. The summed E-state index contributed by atoms with van der Waals surface area (Å²) < 4.78 is 0. The molecule has 1 aromatic rings. The monoisotopic (exact) mass is 239 g/mol. The van der Waals surface area contributed by atoms with Gasteiger partial charge in [-0.05, 0) is 30.2 Å². The Balaban J connectivity index is 2.39. The van der Waals surface area contributed by atoms with Crippen molar-refractivity contribution in [3.05, 3.63) is 42.5 Å². The molecule has 0 aliphatic rings. The first kappa shape index (κ1) is 12.6. The normalized spacial score (nSPS) is 11.8. The second-order valence-corrected chi connectivity index (χ2v) is 4.03. The van der Waals surface area contributed by atoms with Crippen molar-refractivity contribution in [3.8, 4) is 5.75 Å². The number of rotatable bonds is 5.